The van der Waals surface area contributed by atoms with Crippen molar-refractivity contribution < 1.29 is 9.50 Å². The van der Waals surface area contributed by atoms with Crippen LogP contribution in [0.3, 0.4) is 0 Å². The van der Waals surface area contributed by atoms with Crippen molar-refractivity contribution in [3.63, 3.8) is 0 Å². The number of hydrogen-bond acceptors (Lipinski definition) is 2. The van der Waals surface area contributed by atoms with Gasteiger partial charge in [0.15, 0.2) is 0 Å². The molecule has 0 saturated carbocycles. The summed E-state index contributed by atoms with van der Waals surface area (Å²) in [6.45, 7) is 4.79. The van der Waals surface area contributed by atoms with E-state index in [9.17, 15) is 4.39 Å². The molecule has 13 heavy (non-hydrogen) atoms. The minimum atomic E-state index is -0.559. The van der Waals surface area contributed by atoms with Gasteiger partial charge in [-0.2, -0.15) is 0 Å². The molecule has 0 radical (unpaired) electrons. The van der Waals surface area contributed by atoms with E-state index in [-0.39, 0.29) is 17.0 Å². The maximum atomic E-state index is 13.1. The first-order valence-electron chi connectivity index (χ1n) is 3.75. The van der Waals surface area contributed by atoms with Gasteiger partial charge in [0.25, 0.3) is 0 Å². The molecule has 2 N–H and O–H groups in total. The van der Waals surface area contributed by atoms with Gasteiger partial charge < -0.3 is 10.5 Å². The van der Waals surface area contributed by atoms with Gasteiger partial charge in [-0.15, -0.1) is 0 Å². The molecule has 1 aromatic rings. The number of aliphatic hydroxyl groups excluding tert-OH is 1. The Labute approximate surface area is 75.8 Å². The highest BCUT2D eigenvalue weighted by Gasteiger charge is 2.06. The van der Waals surface area contributed by atoms with E-state index in [0.29, 0.717) is 5.56 Å². The molecule has 0 bridgehead atoms. The van der Waals surface area contributed by atoms with Crippen molar-refractivity contribution in [2.75, 3.05) is 0 Å². The van der Waals surface area contributed by atoms with E-state index >= 15 is 0 Å². The van der Waals surface area contributed by atoms with Crippen molar-refractivity contribution in [2.45, 2.75) is 6.92 Å². The van der Waals surface area contributed by atoms with E-state index in [0.717, 1.165) is 0 Å². The summed E-state index contributed by atoms with van der Waals surface area (Å²) >= 11 is 0. The van der Waals surface area contributed by atoms with Crippen LogP contribution in [-0.2, 0) is 0 Å². The summed E-state index contributed by atoms with van der Waals surface area (Å²) in [4.78, 5) is 0. The molecule has 0 aliphatic rings. The predicted octanol–water partition coefficient (Wildman–Crippen LogP) is 2.74. The molecule has 0 spiro atoms. The van der Waals surface area contributed by atoms with Gasteiger partial charge in [0, 0.05) is 5.71 Å². The quantitative estimate of drug-likeness (QED) is 0.532. The zero-order chi connectivity index (χ0) is 10.0. The van der Waals surface area contributed by atoms with E-state index in [1.165, 1.54) is 12.1 Å². The number of benzene rings is 1. The Morgan fingerprint density at radius 1 is 1.54 bits per heavy atom. The van der Waals surface area contributed by atoms with Gasteiger partial charge in [0.1, 0.15) is 11.6 Å². The lowest BCUT2D eigenvalue weighted by Gasteiger charge is -2.03. The van der Waals surface area contributed by atoms with Crippen LogP contribution < -0.4 is 0 Å². The highest BCUT2D eigenvalue weighted by atomic mass is 19.1. The van der Waals surface area contributed by atoms with Crippen LogP contribution in [0, 0.1) is 11.2 Å². The molecule has 68 valence electrons. The molecule has 0 unspecified atom stereocenters. The number of aliphatic hydroxyl groups is 1. The van der Waals surface area contributed by atoms with Crippen molar-refractivity contribution in [1.82, 2.24) is 0 Å². The number of halogens is 1. The van der Waals surface area contributed by atoms with Gasteiger partial charge >= 0.3 is 0 Å². The average molecular weight is 179 g/mol. The van der Waals surface area contributed by atoms with E-state index in [1.807, 2.05) is 0 Å². The van der Waals surface area contributed by atoms with Crippen LogP contribution in [0.25, 0.3) is 5.76 Å². The molecule has 0 aliphatic heterocycles. The highest BCUT2D eigenvalue weighted by molar-refractivity contribution is 5.96. The van der Waals surface area contributed by atoms with Crippen LogP contribution in [0.4, 0.5) is 4.39 Å². The second kappa shape index (κ2) is 3.39. The number of nitrogens with one attached hydrogen (secondary N) is 1. The van der Waals surface area contributed by atoms with Crippen molar-refractivity contribution in [3.8, 4) is 0 Å². The average Bonchev–Trinajstić information content (AvgIpc) is 2.03. The molecule has 0 fully saturated rings. The van der Waals surface area contributed by atoms with Crippen LogP contribution in [0.15, 0.2) is 24.8 Å². The van der Waals surface area contributed by atoms with Crippen molar-refractivity contribution >= 4 is 11.5 Å². The Bertz CT molecular complexity index is 371. The molecule has 3 heteroatoms. The first-order chi connectivity index (χ1) is 6.02. The van der Waals surface area contributed by atoms with Gasteiger partial charge in [-0.3, -0.25) is 0 Å². The number of rotatable bonds is 2. The molecular weight excluding hydrogens is 169 g/mol. The first kappa shape index (κ1) is 9.45. The van der Waals surface area contributed by atoms with Gasteiger partial charge in [-0.1, -0.05) is 12.6 Å². The summed E-state index contributed by atoms with van der Waals surface area (Å²) < 4.78 is 13.1. The molecule has 0 aromatic heterocycles. The first-order valence-corrected chi connectivity index (χ1v) is 3.75. The third kappa shape index (κ3) is 1.93. The van der Waals surface area contributed by atoms with Gasteiger partial charge in [0.05, 0.1) is 5.56 Å². The van der Waals surface area contributed by atoms with E-state index < -0.39 is 5.82 Å². The molecule has 0 aliphatic carbocycles. The lowest BCUT2D eigenvalue weighted by molar-refractivity contribution is 0.504. The molecule has 0 heterocycles. The molecule has 2 nitrogen and oxygen atoms in total. The molecule has 0 atom stereocenters. The molecular formula is C10H10FNO. The standard InChI is InChI=1S/C10H10FNO/c1-6(12)8-3-4-9(7(2)13)10(11)5-8/h3-5,12-13H,2H2,1H3. The minimum Gasteiger partial charge on any atom is -0.508 e. The predicted molar refractivity (Wildman–Crippen MR) is 50.6 cm³/mol. The third-order valence-electron chi connectivity index (χ3n) is 1.71. The van der Waals surface area contributed by atoms with Crippen LogP contribution >= 0.6 is 0 Å². The third-order valence-corrected chi connectivity index (χ3v) is 1.71. The fraction of sp³-hybridized carbons (Fsp3) is 0.100. The maximum absolute atomic E-state index is 13.1. The van der Waals surface area contributed by atoms with E-state index in [2.05, 4.69) is 6.58 Å². The van der Waals surface area contributed by atoms with Crippen molar-refractivity contribution in [1.29, 1.82) is 5.41 Å². The molecule has 0 saturated heterocycles. The second-order valence-electron chi connectivity index (χ2n) is 2.77. The monoisotopic (exact) mass is 179 g/mol. The largest absolute Gasteiger partial charge is 0.508 e. The summed E-state index contributed by atoms with van der Waals surface area (Å²) in [7, 11) is 0. The van der Waals surface area contributed by atoms with E-state index in [4.69, 9.17) is 10.5 Å². The summed E-state index contributed by atoms with van der Waals surface area (Å²) in [5.41, 5.74) is 0.863. The van der Waals surface area contributed by atoms with E-state index in [1.54, 1.807) is 13.0 Å². The minimum absolute atomic E-state index is 0.0741. The normalized spacial score (nSPS) is 9.69. The van der Waals surface area contributed by atoms with Gasteiger partial charge in [-0.25, -0.2) is 4.39 Å². The zero-order valence-corrected chi connectivity index (χ0v) is 7.26. The van der Waals surface area contributed by atoms with Crippen molar-refractivity contribution in [3.05, 3.63) is 41.7 Å². The Morgan fingerprint density at radius 3 is 2.54 bits per heavy atom. The Balaban J connectivity index is 3.20. The summed E-state index contributed by atoms with van der Waals surface area (Å²) in [5.74, 6) is -0.858. The van der Waals surface area contributed by atoms with Crippen molar-refractivity contribution in [2.24, 2.45) is 0 Å². The topological polar surface area (TPSA) is 44.1 Å². The molecule has 1 rings (SSSR count). The SMILES string of the molecule is C=C(O)c1ccc(C(C)=N)cc1F. The molecule has 1 aromatic carbocycles. The van der Waals surface area contributed by atoms with Crippen LogP contribution in [-0.4, -0.2) is 10.8 Å². The summed E-state index contributed by atoms with van der Waals surface area (Å²) in [6, 6.07) is 4.19. The highest BCUT2D eigenvalue weighted by Crippen LogP contribution is 2.16. The lowest BCUT2D eigenvalue weighted by atomic mass is 10.1. The summed E-state index contributed by atoms with van der Waals surface area (Å²) in [6.07, 6.45) is 0. The lowest BCUT2D eigenvalue weighted by Crippen LogP contribution is -1.95. The Kier molecular flexibility index (Phi) is 2.46. The van der Waals surface area contributed by atoms with Crippen LogP contribution in [0.2, 0.25) is 0 Å². The van der Waals surface area contributed by atoms with Gasteiger partial charge in [0.2, 0.25) is 0 Å². The number of hydrogen-bond donors (Lipinski definition) is 2. The Morgan fingerprint density at radius 2 is 2.15 bits per heavy atom. The fourth-order valence-electron chi connectivity index (χ4n) is 0.982. The maximum Gasteiger partial charge on any atom is 0.134 e. The van der Waals surface area contributed by atoms with Crippen LogP contribution in [0.5, 0.6) is 0 Å². The second-order valence-corrected chi connectivity index (χ2v) is 2.77. The molecule has 0 amide bonds. The zero-order valence-electron chi connectivity index (χ0n) is 7.26. The van der Waals surface area contributed by atoms with Crippen LogP contribution in [0.1, 0.15) is 18.1 Å². The Hall–Kier alpha value is -1.64. The fourth-order valence-corrected chi connectivity index (χ4v) is 0.982. The smallest absolute Gasteiger partial charge is 0.134 e. The van der Waals surface area contributed by atoms with Gasteiger partial charge in [-0.05, 0) is 24.6 Å². The summed E-state index contributed by atoms with van der Waals surface area (Å²) in [5, 5.41) is 16.2.